The Labute approximate surface area is 173 Å². The SMILES string of the molecule is c1cncc(-c2cncc(Oc3ccc4nc(NC5CCCCC5)sc4c3)n2)c1. The van der Waals surface area contributed by atoms with Gasteiger partial charge in [-0.3, -0.25) is 9.97 Å². The van der Waals surface area contributed by atoms with Crippen LogP contribution in [-0.2, 0) is 0 Å². The van der Waals surface area contributed by atoms with E-state index in [9.17, 15) is 0 Å². The summed E-state index contributed by atoms with van der Waals surface area (Å²) in [6, 6.07) is 10.3. The molecule has 1 aromatic carbocycles. The minimum absolute atomic E-state index is 0.454. The second-order valence-corrected chi connectivity index (χ2v) is 8.24. The van der Waals surface area contributed by atoms with Crippen molar-refractivity contribution in [3.05, 3.63) is 55.1 Å². The Kier molecular flexibility index (Phi) is 5.04. The van der Waals surface area contributed by atoms with Crippen molar-refractivity contribution in [2.24, 2.45) is 0 Å². The molecule has 146 valence electrons. The van der Waals surface area contributed by atoms with Gasteiger partial charge < -0.3 is 10.1 Å². The van der Waals surface area contributed by atoms with E-state index < -0.39 is 0 Å². The average Bonchev–Trinajstić information content (AvgIpc) is 3.17. The Balaban J connectivity index is 1.34. The number of pyridine rings is 1. The molecule has 3 heterocycles. The number of thiazole rings is 1. The monoisotopic (exact) mass is 403 g/mol. The number of anilines is 1. The van der Waals surface area contributed by atoms with Gasteiger partial charge in [0.15, 0.2) is 5.13 Å². The van der Waals surface area contributed by atoms with Crippen molar-refractivity contribution >= 4 is 26.7 Å². The van der Waals surface area contributed by atoms with E-state index in [1.54, 1.807) is 36.1 Å². The summed E-state index contributed by atoms with van der Waals surface area (Å²) in [5.74, 6) is 1.18. The van der Waals surface area contributed by atoms with E-state index in [-0.39, 0.29) is 0 Å². The molecule has 3 aromatic heterocycles. The molecule has 0 amide bonds. The summed E-state index contributed by atoms with van der Waals surface area (Å²) in [6.07, 6.45) is 13.2. The molecule has 1 N–H and O–H groups in total. The summed E-state index contributed by atoms with van der Waals surface area (Å²) in [4.78, 5) is 17.7. The van der Waals surface area contributed by atoms with Crippen LogP contribution in [0.4, 0.5) is 5.13 Å². The lowest BCUT2D eigenvalue weighted by molar-refractivity contribution is 0.461. The third-order valence-corrected chi connectivity index (χ3v) is 6.03. The minimum atomic E-state index is 0.454. The lowest BCUT2D eigenvalue weighted by atomic mass is 9.96. The number of nitrogens with one attached hydrogen (secondary N) is 1. The Morgan fingerprint density at radius 3 is 2.76 bits per heavy atom. The number of aromatic nitrogens is 4. The first-order valence-corrected chi connectivity index (χ1v) is 10.7. The van der Waals surface area contributed by atoms with Crippen LogP contribution in [0.2, 0.25) is 0 Å². The third-order valence-electron chi connectivity index (χ3n) is 5.08. The Morgan fingerprint density at radius 1 is 0.966 bits per heavy atom. The van der Waals surface area contributed by atoms with Crippen LogP contribution in [0.1, 0.15) is 32.1 Å². The molecule has 0 atom stereocenters. The van der Waals surface area contributed by atoms with Crippen molar-refractivity contribution in [2.45, 2.75) is 38.1 Å². The molecule has 5 rings (SSSR count). The Bertz CT molecular complexity index is 1110. The van der Waals surface area contributed by atoms with Gasteiger partial charge in [-0.05, 0) is 37.1 Å². The van der Waals surface area contributed by atoms with E-state index in [0.717, 1.165) is 32.4 Å². The first-order valence-electron chi connectivity index (χ1n) is 9.91. The summed E-state index contributed by atoms with van der Waals surface area (Å²) < 4.78 is 7.07. The van der Waals surface area contributed by atoms with Gasteiger partial charge in [-0.15, -0.1) is 0 Å². The second kappa shape index (κ2) is 8.13. The van der Waals surface area contributed by atoms with Crippen molar-refractivity contribution < 1.29 is 4.74 Å². The standard InChI is InChI=1S/C22H21N5OS/c1-2-6-16(7-3-1)25-22-27-18-9-8-17(11-20(18)29-22)28-21-14-24-13-19(26-21)15-5-4-10-23-12-15/h4-5,8-14,16H,1-3,6-7H2,(H,25,27). The summed E-state index contributed by atoms with van der Waals surface area (Å²) in [5.41, 5.74) is 2.62. The fourth-order valence-electron chi connectivity index (χ4n) is 3.62. The molecule has 0 spiro atoms. The van der Waals surface area contributed by atoms with E-state index in [0.29, 0.717) is 11.9 Å². The van der Waals surface area contributed by atoms with Crippen molar-refractivity contribution in [2.75, 3.05) is 5.32 Å². The van der Waals surface area contributed by atoms with Gasteiger partial charge >= 0.3 is 0 Å². The first-order chi connectivity index (χ1) is 14.3. The highest BCUT2D eigenvalue weighted by Gasteiger charge is 2.15. The van der Waals surface area contributed by atoms with Gasteiger partial charge in [-0.2, -0.15) is 0 Å². The minimum Gasteiger partial charge on any atom is -0.437 e. The molecule has 1 aliphatic carbocycles. The van der Waals surface area contributed by atoms with Gasteiger partial charge in [0.1, 0.15) is 5.75 Å². The van der Waals surface area contributed by atoms with Crippen molar-refractivity contribution in [1.29, 1.82) is 0 Å². The molecular weight excluding hydrogens is 382 g/mol. The zero-order chi connectivity index (χ0) is 19.5. The number of hydrogen-bond donors (Lipinski definition) is 1. The fraction of sp³-hybridized carbons (Fsp3) is 0.273. The molecule has 0 radical (unpaired) electrons. The van der Waals surface area contributed by atoms with Crippen LogP contribution < -0.4 is 10.1 Å². The van der Waals surface area contributed by atoms with Gasteiger partial charge in [0.25, 0.3) is 0 Å². The van der Waals surface area contributed by atoms with E-state index in [1.165, 1.54) is 32.1 Å². The molecule has 1 fully saturated rings. The lowest BCUT2D eigenvalue weighted by Gasteiger charge is -2.22. The largest absolute Gasteiger partial charge is 0.437 e. The topological polar surface area (TPSA) is 72.8 Å². The zero-order valence-corrected chi connectivity index (χ0v) is 16.7. The molecular formula is C22H21N5OS. The van der Waals surface area contributed by atoms with E-state index >= 15 is 0 Å². The highest BCUT2D eigenvalue weighted by molar-refractivity contribution is 7.22. The molecule has 0 unspecified atom stereocenters. The highest BCUT2D eigenvalue weighted by Crippen LogP contribution is 2.32. The molecule has 0 aliphatic heterocycles. The molecule has 1 saturated carbocycles. The molecule has 6 nitrogen and oxygen atoms in total. The number of fused-ring (bicyclic) bond motifs is 1. The van der Waals surface area contributed by atoms with Crippen molar-refractivity contribution in [3.8, 4) is 22.9 Å². The molecule has 29 heavy (non-hydrogen) atoms. The van der Waals surface area contributed by atoms with Crippen LogP contribution in [-0.4, -0.2) is 26.0 Å². The van der Waals surface area contributed by atoms with Gasteiger partial charge in [-0.1, -0.05) is 30.6 Å². The summed E-state index contributed by atoms with van der Waals surface area (Å²) in [7, 11) is 0. The summed E-state index contributed by atoms with van der Waals surface area (Å²) in [5, 5.41) is 4.59. The number of rotatable bonds is 5. The van der Waals surface area contributed by atoms with Crippen LogP contribution in [0.5, 0.6) is 11.6 Å². The van der Waals surface area contributed by atoms with E-state index in [2.05, 4.69) is 20.3 Å². The zero-order valence-electron chi connectivity index (χ0n) is 15.9. The number of benzene rings is 1. The van der Waals surface area contributed by atoms with Gasteiger partial charge in [-0.25, -0.2) is 9.97 Å². The van der Waals surface area contributed by atoms with Gasteiger partial charge in [0, 0.05) is 30.1 Å². The highest BCUT2D eigenvalue weighted by atomic mass is 32.1. The smallest absolute Gasteiger partial charge is 0.238 e. The van der Waals surface area contributed by atoms with Crippen LogP contribution in [0.25, 0.3) is 21.5 Å². The number of hydrogen-bond acceptors (Lipinski definition) is 7. The fourth-order valence-corrected chi connectivity index (χ4v) is 4.59. The molecule has 7 heteroatoms. The van der Waals surface area contributed by atoms with Crippen LogP contribution in [0.3, 0.4) is 0 Å². The maximum atomic E-state index is 5.97. The average molecular weight is 404 g/mol. The molecule has 1 aliphatic rings. The summed E-state index contributed by atoms with van der Waals surface area (Å²) in [6.45, 7) is 0. The number of ether oxygens (including phenoxy) is 1. The van der Waals surface area contributed by atoms with Crippen molar-refractivity contribution in [3.63, 3.8) is 0 Å². The lowest BCUT2D eigenvalue weighted by Crippen LogP contribution is -2.21. The maximum absolute atomic E-state index is 5.97. The third kappa shape index (κ3) is 4.19. The van der Waals surface area contributed by atoms with Crippen LogP contribution >= 0.6 is 11.3 Å². The van der Waals surface area contributed by atoms with E-state index in [4.69, 9.17) is 9.72 Å². The summed E-state index contributed by atoms with van der Waals surface area (Å²) >= 11 is 1.67. The Hall–Kier alpha value is -3.06. The van der Waals surface area contributed by atoms with Gasteiger partial charge in [0.05, 0.1) is 28.3 Å². The normalized spacial score (nSPS) is 14.8. The Morgan fingerprint density at radius 2 is 1.90 bits per heavy atom. The molecule has 0 bridgehead atoms. The van der Waals surface area contributed by atoms with Crippen LogP contribution in [0.15, 0.2) is 55.1 Å². The molecule has 0 saturated heterocycles. The molecule has 4 aromatic rings. The number of nitrogens with zero attached hydrogens (tertiary/aromatic N) is 4. The quantitative estimate of drug-likeness (QED) is 0.462. The van der Waals surface area contributed by atoms with Crippen LogP contribution in [0, 0.1) is 0 Å². The van der Waals surface area contributed by atoms with E-state index in [1.807, 2.05) is 30.3 Å². The predicted molar refractivity (Wildman–Crippen MR) is 115 cm³/mol. The first kappa shape index (κ1) is 18.0. The van der Waals surface area contributed by atoms with Crippen molar-refractivity contribution in [1.82, 2.24) is 19.9 Å². The maximum Gasteiger partial charge on any atom is 0.238 e. The van der Waals surface area contributed by atoms with Gasteiger partial charge in [0.2, 0.25) is 5.88 Å². The second-order valence-electron chi connectivity index (χ2n) is 7.21. The predicted octanol–water partition coefficient (Wildman–Crippen LogP) is 5.69.